The van der Waals surface area contributed by atoms with Gasteiger partial charge in [0.1, 0.15) is 5.75 Å². The summed E-state index contributed by atoms with van der Waals surface area (Å²) in [5, 5.41) is 22.5. The highest BCUT2D eigenvalue weighted by atomic mass is 127. The van der Waals surface area contributed by atoms with Gasteiger partial charge in [0.15, 0.2) is 17.5 Å². The van der Waals surface area contributed by atoms with Gasteiger partial charge in [-0.25, -0.2) is 4.39 Å². The van der Waals surface area contributed by atoms with Gasteiger partial charge >= 0.3 is 0 Å². The van der Waals surface area contributed by atoms with E-state index in [9.17, 15) is 14.6 Å². The van der Waals surface area contributed by atoms with Gasteiger partial charge in [0.25, 0.3) is 0 Å². The van der Waals surface area contributed by atoms with Gasteiger partial charge in [0, 0.05) is 39.8 Å². The monoisotopic (exact) mass is 486 g/mol. The molecule has 0 spiro atoms. The zero-order chi connectivity index (χ0) is 18.5. The molecule has 3 rings (SSSR count). The van der Waals surface area contributed by atoms with Crippen LogP contribution in [-0.2, 0) is 6.54 Å². The van der Waals surface area contributed by atoms with E-state index in [1.165, 1.54) is 12.1 Å². The van der Waals surface area contributed by atoms with Crippen molar-refractivity contribution in [1.82, 2.24) is 10.2 Å². The summed E-state index contributed by atoms with van der Waals surface area (Å²) >= 11 is 0. The molecule has 1 fully saturated rings. The fourth-order valence-corrected chi connectivity index (χ4v) is 3.06. The first-order valence-corrected chi connectivity index (χ1v) is 8.54. The lowest BCUT2D eigenvalue weighted by Crippen LogP contribution is -2.52. The molecule has 1 heterocycles. The third-order valence-corrected chi connectivity index (χ3v) is 4.48. The number of rotatable bonds is 3. The van der Waals surface area contributed by atoms with Crippen LogP contribution < -0.4 is 10.2 Å². The van der Waals surface area contributed by atoms with E-state index in [0.29, 0.717) is 6.54 Å². The van der Waals surface area contributed by atoms with Gasteiger partial charge in [-0.15, -0.1) is 24.0 Å². The fourth-order valence-electron chi connectivity index (χ4n) is 3.06. The molecule has 0 aliphatic carbocycles. The lowest BCUT2D eigenvalue weighted by molar-refractivity contribution is 0.369. The summed E-state index contributed by atoms with van der Waals surface area (Å²) in [7, 11) is 1.72. The Morgan fingerprint density at radius 1 is 1.07 bits per heavy atom. The highest BCUT2D eigenvalue weighted by molar-refractivity contribution is 14.0. The first-order chi connectivity index (χ1) is 12.6. The van der Waals surface area contributed by atoms with Gasteiger partial charge in [-0.05, 0) is 29.8 Å². The van der Waals surface area contributed by atoms with Gasteiger partial charge in [0.2, 0.25) is 0 Å². The maximum Gasteiger partial charge on any atom is 0.194 e. The molecule has 1 aliphatic rings. The van der Waals surface area contributed by atoms with E-state index in [-0.39, 0.29) is 35.5 Å². The van der Waals surface area contributed by atoms with Crippen LogP contribution >= 0.6 is 24.0 Å². The smallest absolute Gasteiger partial charge is 0.194 e. The fraction of sp³-hybridized carbons (Fsp3) is 0.316. The van der Waals surface area contributed by atoms with Crippen molar-refractivity contribution in [2.45, 2.75) is 6.54 Å². The molecule has 2 aromatic carbocycles. The summed E-state index contributed by atoms with van der Waals surface area (Å²) in [5.74, 6) is 0.0576. The Kier molecular flexibility index (Phi) is 7.52. The van der Waals surface area contributed by atoms with E-state index >= 15 is 0 Å². The number of benzene rings is 2. The SMILES string of the molecule is CN=C(NCc1ccc(O)c(F)c1)N1CCN(c2ccccc2O)CC1.I. The summed E-state index contributed by atoms with van der Waals surface area (Å²) in [6.07, 6.45) is 0. The van der Waals surface area contributed by atoms with E-state index in [4.69, 9.17) is 0 Å². The van der Waals surface area contributed by atoms with E-state index < -0.39 is 5.82 Å². The minimum atomic E-state index is -0.629. The van der Waals surface area contributed by atoms with Crippen LogP contribution in [-0.4, -0.2) is 54.3 Å². The predicted octanol–water partition coefficient (Wildman–Crippen LogP) is 2.75. The number of guanidine groups is 1. The van der Waals surface area contributed by atoms with E-state index in [0.717, 1.165) is 43.4 Å². The molecule has 3 N–H and O–H groups in total. The minimum Gasteiger partial charge on any atom is -0.506 e. The van der Waals surface area contributed by atoms with Gasteiger partial charge in [-0.2, -0.15) is 0 Å². The number of phenols is 2. The number of hydrogen-bond acceptors (Lipinski definition) is 4. The molecule has 0 amide bonds. The minimum absolute atomic E-state index is 0. The number of halogens is 2. The molecule has 27 heavy (non-hydrogen) atoms. The van der Waals surface area contributed by atoms with Crippen LogP contribution in [0.25, 0.3) is 0 Å². The van der Waals surface area contributed by atoms with Crippen molar-refractivity contribution in [3.8, 4) is 11.5 Å². The largest absolute Gasteiger partial charge is 0.506 e. The highest BCUT2D eigenvalue weighted by Crippen LogP contribution is 2.27. The number of nitrogens with one attached hydrogen (secondary N) is 1. The molecule has 6 nitrogen and oxygen atoms in total. The Labute approximate surface area is 175 Å². The van der Waals surface area contributed by atoms with E-state index in [2.05, 4.69) is 20.1 Å². The van der Waals surface area contributed by atoms with E-state index in [1.807, 2.05) is 18.2 Å². The van der Waals surface area contributed by atoms with Crippen LogP contribution in [0.4, 0.5) is 10.1 Å². The summed E-state index contributed by atoms with van der Waals surface area (Å²) in [6.45, 7) is 3.48. The van der Waals surface area contributed by atoms with Gasteiger partial charge in [-0.3, -0.25) is 4.99 Å². The molecule has 2 aromatic rings. The Bertz CT molecular complexity index is 795. The molecule has 0 radical (unpaired) electrons. The molecule has 1 saturated heterocycles. The van der Waals surface area contributed by atoms with Crippen molar-refractivity contribution in [3.05, 3.63) is 53.8 Å². The Balaban J connectivity index is 0.00000261. The highest BCUT2D eigenvalue weighted by Gasteiger charge is 2.21. The summed E-state index contributed by atoms with van der Waals surface area (Å²) in [6, 6.07) is 11.7. The standard InChI is InChI=1S/C19H23FN4O2.HI/c1-21-19(22-13-14-6-7-17(25)15(20)12-14)24-10-8-23(9-11-24)16-4-2-3-5-18(16)26;/h2-7,12,25-26H,8-11,13H2,1H3,(H,21,22);1H. The molecule has 146 valence electrons. The average molecular weight is 486 g/mol. The van der Waals surface area contributed by atoms with Crippen LogP contribution in [0.15, 0.2) is 47.5 Å². The van der Waals surface area contributed by atoms with Crippen LogP contribution in [0.2, 0.25) is 0 Å². The molecule has 0 unspecified atom stereocenters. The first kappa shape index (κ1) is 21.1. The Morgan fingerprint density at radius 3 is 2.41 bits per heavy atom. The molecule has 0 bridgehead atoms. The van der Waals surface area contributed by atoms with Crippen molar-refractivity contribution in [1.29, 1.82) is 0 Å². The third kappa shape index (κ3) is 5.15. The quantitative estimate of drug-likeness (QED) is 0.354. The summed E-state index contributed by atoms with van der Waals surface area (Å²) in [4.78, 5) is 8.58. The van der Waals surface area contributed by atoms with Crippen LogP contribution in [0.5, 0.6) is 11.5 Å². The van der Waals surface area contributed by atoms with Crippen LogP contribution in [0, 0.1) is 5.82 Å². The molecular formula is C19H24FIN4O2. The van der Waals surface area contributed by atoms with Gasteiger partial charge < -0.3 is 25.3 Å². The number of hydrogen-bond donors (Lipinski definition) is 3. The van der Waals surface area contributed by atoms with E-state index in [1.54, 1.807) is 19.2 Å². The maximum atomic E-state index is 13.4. The molecule has 8 heteroatoms. The number of aliphatic imine (C=N–C) groups is 1. The van der Waals surface area contributed by atoms with Crippen molar-refractivity contribution in [3.63, 3.8) is 0 Å². The lowest BCUT2D eigenvalue weighted by atomic mass is 10.2. The molecule has 0 atom stereocenters. The normalized spacial score (nSPS) is 14.7. The molecule has 0 aromatic heterocycles. The van der Waals surface area contributed by atoms with Crippen molar-refractivity contribution < 1.29 is 14.6 Å². The number of nitrogens with zero attached hydrogens (tertiary/aromatic N) is 3. The Morgan fingerprint density at radius 2 is 1.78 bits per heavy atom. The second kappa shape index (κ2) is 9.63. The second-order valence-corrected chi connectivity index (χ2v) is 6.15. The zero-order valence-electron chi connectivity index (χ0n) is 15.1. The maximum absolute atomic E-state index is 13.4. The lowest BCUT2D eigenvalue weighted by Gasteiger charge is -2.37. The number of anilines is 1. The Hall–Kier alpha value is -2.23. The number of phenolic OH excluding ortho intramolecular Hbond substituents is 2. The zero-order valence-corrected chi connectivity index (χ0v) is 17.4. The van der Waals surface area contributed by atoms with Crippen LogP contribution in [0.3, 0.4) is 0 Å². The third-order valence-electron chi connectivity index (χ3n) is 4.48. The second-order valence-electron chi connectivity index (χ2n) is 6.15. The molecular weight excluding hydrogens is 462 g/mol. The van der Waals surface area contributed by atoms with Crippen LogP contribution in [0.1, 0.15) is 5.56 Å². The average Bonchev–Trinajstić information content (AvgIpc) is 2.66. The van der Waals surface area contributed by atoms with Crippen molar-refractivity contribution in [2.75, 3.05) is 38.1 Å². The topological polar surface area (TPSA) is 71.3 Å². The predicted molar refractivity (Wildman–Crippen MR) is 116 cm³/mol. The summed E-state index contributed by atoms with van der Waals surface area (Å²) in [5.41, 5.74) is 1.57. The van der Waals surface area contributed by atoms with Gasteiger partial charge in [0.05, 0.1) is 5.69 Å². The number of para-hydroxylation sites is 2. The number of aromatic hydroxyl groups is 2. The number of piperazine rings is 1. The van der Waals surface area contributed by atoms with Crippen molar-refractivity contribution >= 4 is 35.6 Å². The van der Waals surface area contributed by atoms with Crippen molar-refractivity contribution in [2.24, 2.45) is 4.99 Å². The summed E-state index contributed by atoms with van der Waals surface area (Å²) < 4.78 is 13.4. The molecule has 0 saturated carbocycles. The first-order valence-electron chi connectivity index (χ1n) is 8.54. The van der Waals surface area contributed by atoms with Gasteiger partial charge in [-0.1, -0.05) is 18.2 Å². The molecule has 1 aliphatic heterocycles.